The molecule has 0 radical (unpaired) electrons. The van der Waals surface area contributed by atoms with Crippen LogP contribution in [0.25, 0.3) is 0 Å². The highest BCUT2D eigenvalue weighted by Gasteiger charge is 2.66. The molecule has 0 amide bonds. The lowest BCUT2D eigenvalue weighted by Crippen LogP contribution is -2.55. The first kappa shape index (κ1) is 22.8. The molecule has 6 aliphatic carbocycles. The van der Waals surface area contributed by atoms with Gasteiger partial charge in [-0.1, -0.05) is 54.5 Å². The van der Waals surface area contributed by atoms with Crippen molar-refractivity contribution < 1.29 is 14.6 Å². The fourth-order valence-corrected chi connectivity index (χ4v) is 10.1. The summed E-state index contributed by atoms with van der Waals surface area (Å²) < 4.78 is 6.58. The fourth-order valence-electron chi connectivity index (χ4n) is 10.1. The van der Waals surface area contributed by atoms with Crippen molar-refractivity contribution in [1.29, 1.82) is 0 Å². The summed E-state index contributed by atoms with van der Waals surface area (Å²) in [5.41, 5.74) is 0.0890. The molecule has 6 atom stereocenters. The molecule has 3 heteroatoms. The second kappa shape index (κ2) is 7.25. The summed E-state index contributed by atoms with van der Waals surface area (Å²) in [5.74, 6) is 3.68. The highest BCUT2D eigenvalue weighted by Crippen LogP contribution is 2.68. The lowest BCUT2D eigenvalue weighted by atomic mass is 9.53. The van der Waals surface area contributed by atoms with E-state index in [4.69, 9.17) is 4.74 Å². The third kappa shape index (κ3) is 3.38. The Labute approximate surface area is 195 Å². The molecule has 3 nitrogen and oxygen atoms in total. The fraction of sp³-hybridized carbons (Fsp3) is 0.897. The molecule has 1 N–H and O–H groups in total. The lowest BCUT2D eigenvalue weighted by Gasteiger charge is -2.56. The minimum atomic E-state index is -0.223. The van der Waals surface area contributed by atoms with Gasteiger partial charge in [0.15, 0.2) is 0 Å². The lowest BCUT2D eigenvalue weighted by molar-refractivity contribution is -0.197. The molecule has 6 saturated carbocycles. The second-order valence-electron chi connectivity index (χ2n) is 14.4. The smallest absolute Gasteiger partial charge is 0.310 e. The van der Waals surface area contributed by atoms with Gasteiger partial charge in [0.05, 0.1) is 11.7 Å². The van der Waals surface area contributed by atoms with Crippen molar-refractivity contribution >= 4 is 5.97 Å². The van der Waals surface area contributed by atoms with E-state index in [1.165, 1.54) is 19.3 Å². The minimum absolute atomic E-state index is 0.0124. The number of fused-ring (bicyclic) bond motifs is 2. The van der Waals surface area contributed by atoms with Gasteiger partial charge in [-0.15, -0.1) is 0 Å². The van der Waals surface area contributed by atoms with Crippen molar-refractivity contribution in [2.45, 2.75) is 98.5 Å². The van der Waals surface area contributed by atoms with Gasteiger partial charge in [0.2, 0.25) is 0 Å². The monoisotopic (exact) mass is 442 g/mol. The van der Waals surface area contributed by atoms with Crippen LogP contribution in [0.5, 0.6) is 0 Å². The molecule has 6 rings (SSSR count). The second-order valence-corrected chi connectivity index (χ2v) is 14.4. The largest absolute Gasteiger partial charge is 0.513 e. The molecule has 6 unspecified atom stereocenters. The van der Waals surface area contributed by atoms with Crippen LogP contribution >= 0.6 is 0 Å². The van der Waals surface area contributed by atoms with Crippen LogP contribution in [0.3, 0.4) is 0 Å². The predicted molar refractivity (Wildman–Crippen MR) is 128 cm³/mol. The van der Waals surface area contributed by atoms with Gasteiger partial charge in [-0.2, -0.15) is 0 Å². The maximum Gasteiger partial charge on any atom is 0.310 e. The maximum atomic E-state index is 14.0. The van der Waals surface area contributed by atoms with Gasteiger partial charge in [0.25, 0.3) is 0 Å². The van der Waals surface area contributed by atoms with E-state index >= 15 is 0 Å². The summed E-state index contributed by atoms with van der Waals surface area (Å²) >= 11 is 0. The van der Waals surface area contributed by atoms with E-state index in [1.54, 1.807) is 0 Å². The van der Waals surface area contributed by atoms with Gasteiger partial charge < -0.3 is 9.84 Å². The van der Waals surface area contributed by atoms with Crippen molar-refractivity contribution in [2.24, 2.45) is 64.1 Å². The molecular weight excluding hydrogens is 396 g/mol. The summed E-state index contributed by atoms with van der Waals surface area (Å²) in [6.45, 7) is 18.1. The highest BCUT2D eigenvalue weighted by atomic mass is 16.6. The first-order chi connectivity index (χ1) is 14.8. The Morgan fingerprint density at radius 1 is 0.906 bits per heavy atom. The summed E-state index contributed by atoms with van der Waals surface area (Å²) in [7, 11) is 0. The highest BCUT2D eigenvalue weighted by molar-refractivity contribution is 5.75. The van der Waals surface area contributed by atoms with Crippen molar-refractivity contribution in [2.75, 3.05) is 0 Å². The summed E-state index contributed by atoms with van der Waals surface area (Å²) in [5, 5.41) is 10.8. The van der Waals surface area contributed by atoms with Gasteiger partial charge in [0.1, 0.15) is 5.60 Å². The predicted octanol–water partition coefficient (Wildman–Crippen LogP) is 7.17. The molecular formula is C29H46O3. The zero-order valence-corrected chi connectivity index (χ0v) is 21.3. The molecule has 180 valence electrons. The van der Waals surface area contributed by atoms with E-state index in [1.807, 2.05) is 0 Å². The third-order valence-electron chi connectivity index (χ3n) is 10.9. The summed E-state index contributed by atoms with van der Waals surface area (Å²) in [6.07, 6.45) is 9.41. The molecule has 0 heterocycles. The molecule has 6 bridgehead atoms. The van der Waals surface area contributed by atoms with E-state index in [0.717, 1.165) is 49.9 Å². The van der Waals surface area contributed by atoms with E-state index in [0.29, 0.717) is 17.8 Å². The van der Waals surface area contributed by atoms with E-state index in [2.05, 4.69) is 48.1 Å². The number of esters is 1. The number of rotatable bonds is 5. The van der Waals surface area contributed by atoms with Crippen molar-refractivity contribution in [3.05, 3.63) is 12.3 Å². The summed E-state index contributed by atoms with van der Waals surface area (Å²) in [6, 6.07) is 0. The van der Waals surface area contributed by atoms with Crippen LogP contribution in [-0.4, -0.2) is 16.7 Å². The molecule has 0 aromatic heterocycles. The number of ether oxygens (including phenoxy) is 1. The van der Waals surface area contributed by atoms with Crippen LogP contribution in [0.4, 0.5) is 0 Å². The first-order valence-corrected chi connectivity index (χ1v) is 13.5. The van der Waals surface area contributed by atoms with Crippen LogP contribution < -0.4 is 0 Å². The van der Waals surface area contributed by atoms with Gasteiger partial charge in [-0.25, -0.2) is 0 Å². The number of aliphatic hydroxyl groups is 1. The Kier molecular flexibility index (Phi) is 5.16. The van der Waals surface area contributed by atoms with Crippen molar-refractivity contribution in [1.82, 2.24) is 0 Å². The number of hydrogen-bond acceptors (Lipinski definition) is 3. The quantitative estimate of drug-likeness (QED) is 0.363. The van der Waals surface area contributed by atoms with Crippen LogP contribution in [-0.2, 0) is 9.53 Å². The number of hydrogen-bond donors (Lipinski definition) is 1. The molecule has 32 heavy (non-hydrogen) atoms. The standard InChI is InChI=1S/C29H46O3/c1-8-28(6,7)25-20-12-21(24(25)27(3,4)5)23(22(20)16(2)30)26(31)32-29-13-17-9-18(14-29)11-19(10-17)15-29/h17-25,30H,2,8-15H2,1,3-7H3. The average Bonchev–Trinajstić information content (AvgIpc) is 3.22. The molecule has 0 aromatic rings. The Morgan fingerprint density at radius 2 is 1.41 bits per heavy atom. The Balaban J connectivity index is 1.45. The molecule has 0 aliphatic heterocycles. The first-order valence-electron chi connectivity index (χ1n) is 13.5. The molecule has 0 saturated heterocycles. The zero-order chi connectivity index (χ0) is 23.2. The van der Waals surface area contributed by atoms with Crippen LogP contribution in [0, 0.1) is 64.1 Å². The van der Waals surface area contributed by atoms with Gasteiger partial charge in [-0.05, 0) is 97.2 Å². The average molecular weight is 443 g/mol. The number of allylic oxidation sites excluding steroid dienone is 1. The van der Waals surface area contributed by atoms with Crippen molar-refractivity contribution in [3.63, 3.8) is 0 Å². The van der Waals surface area contributed by atoms with Crippen LogP contribution in [0.2, 0.25) is 0 Å². The zero-order valence-electron chi connectivity index (χ0n) is 21.3. The molecule has 0 spiro atoms. The number of aliphatic hydroxyl groups excluding tert-OH is 1. The maximum absolute atomic E-state index is 14.0. The topological polar surface area (TPSA) is 46.5 Å². The third-order valence-corrected chi connectivity index (χ3v) is 10.9. The normalized spacial score (nSPS) is 47.1. The molecule has 6 aliphatic rings. The molecule has 6 fully saturated rings. The number of carbonyl (C=O) groups is 1. The van der Waals surface area contributed by atoms with Crippen molar-refractivity contribution in [3.8, 4) is 0 Å². The van der Waals surface area contributed by atoms with Gasteiger partial charge in [0, 0.05) is 5.92 Å². The minimum Gasteiger partial charge on any atom is -0.513 e. The Hall–Kier alpha value is -0.990. The Bertz CT molecular complexity index is 751. The Morgan fingerprint density at radius 3 is 1.84 bits per heavy atom. The SMILES string of the molecule is C=C(O)C1C2CC(C1C(=O)OC13CC4CC(CC(C4)C1)C3)C(C(C)(C)C)C2C(C)(C)CC. The number of carbonyl (C=O) groups excluding carboxylic acids is 1. The van der Waals surface area contributed by atoms with Crippen LogP contribution in [0.15, 0.2) is 12.3 Å². The van der Waals surface area contributed by atoms with E-state index in [9.17, 15) is 9.90 Å². The molecule has 0 aromatic carbocycles. The van der Waals surface area contributed by atoms with Gasteiger partial charge in [-0.3, -0.25) is 4.79 Å². The van der Waals surface area contributed by atoms with E-state index in [-0.39, 0.29) is 45.9 Å². The van der Waals surface area contributed by atoms with E-state index < -0.39 is 0 Å². The van der Waals surface area contributed by atoms with Gasteiger partial charge >= 0.3 is 5.97 Å². The van der Waals surface area contributed by atoms with Crippen LogP contribution in [0.1, 0.15) is 92.9 Å². The summed E-state index contributed by atoms with van der Waals surface area (Å²) in [4.78, 5) is 14.0.